The Kier molecular flexibility index (Phi) is 5.04. The second-order valence-corrected chi connectivity index (χ2v) is 8.83. The number of nitrogens with zero attached hydrogens (tertiary/aromatic N) is 4. The van der Waals surface area contributed by atoms with E-state index in [1.54, 1.807) is 18.3 Å². The number of amides is 1. The van der Waals surface area contributed by atoms with Crippen molar-refractivity contribution in [1.82, 2.24) is 9.29 Å². The zero-order chi connectivity index (χ0) is 20.6. The molecule has 0 radical (unpaired) electrons. The van der Waals surface area contributed by atoms with Crippen molar-refractivity contribution in [3.63, 3.8) is 0 Å². The van der Waals surface area contributed by atoms with Gasteiger partial charge < -0.3 is 15.0 Å². The molecule has 2 aromatic rings. The Labute approximate surface area is 172 Å². The highest BCUT2D eigenvalue weighted by molar-refractivity contribution is 7.89. The maximum Gasteiger partial charge on any atom is 0.262 e. The first kappa shape index (κ1) is 19.4. The van der Waals surface area contributed by atoms with E-state index >= 15 is 0 Å². The molecule has 3 heterocycles. The largest absolute Gasteiger partial charge is 0.482 e. The van der Waals surface area contributed by atoms with Gasteiger partial charge in [0.1, 0.15) is 16.5 Å². The van der Waals surface area contributed by atoms with Crippen LogP contribution in [0.25, 0.3) is 0 Å². The molecule has 1 N–H and O–H groups in total. The second-order valence-electron chi connectivity index (χ2n) is 6.52. The van der Waals surface area contributed by atoms with Crippen molar-refractivity contribution in [2.24, 2.45) is 0 Å². The highest BCUT2D eigenvalue weighted by Crippen LogP contribution is 2.37. The molecule has 2 aliphatic heterocycles. The van der Waals surface area contributed by atoms with E-state index in [1.165, 1.54) is 16.4 Å². The molecule has 0 bridgehead atoms. The number of hydrogen-bond donors (Lipinski definition) is 1. The van der Waals surface area contributed by atoms with Gasteiger partial charge in [0.25, 0.3) is 5.91 Å². The van der Waals surface area contributed by atoms with Gasteiger partial charge in [0.05, 0.1) is 22.3 Å². The Balaban J connectivity index is 1.54. The molecule has 1 amide bonds. The van der Waals surface area contributed by atoms with Crippen LogP contribution >= 0.6 is 11.6 Å². The van der Waals surface area contributed by atoms with Crippen molar-refractivity contribution in [2.45, 2.75) is 4.90 Å². The first-order valence-corrected chi connectivity index (χ1v) is 10.6. The Morgan fingerprint density at radius 2 is 1.97 bits per heavy atom. The molecule has 11 heteroatoms. The minimum atomic E-state index is -3.85. The Morgan fingerprint density at radius 1 is 1.21 bits per heavy atom. The topological polar surface area (TPSA) is 116 Å². The number of nitriles is 1. The Morgan fingerprint density at radius 3 is 2.69 bits per heavy atom. The van der Waals surface area contributed by atoms with E-state index in [2.05, 4.69) is 16.4 Å². The Bertz CT molecular complexity index is 1120. The van der Waals surface area contributed by atoms with Gasteiger partial charge in [-0.05, 0) is 18.2 Å². The van der Waals surface area contributed by atoms with Gasteiger partial charge in [-0.1, -0.05) is 11.6 Å². The fourth-order valence-electron chi connectivity index (χ4n) is 3.24. The van der Waals surface area contributed by atoms with Crippen molar-refractivity contribution in [2.75, 3.05) is 43.0 Å². The number of pyridine rings is 1. The number of ether oxygens (including phenoxy) is 1. The molecule has 9 nitrogen and oxygen atoms in total. The van der Waals surface area contributed by atoms with Crippen LogP contribution in [0.2, 0.25) is 5.02 Å². The minimum Gasteiger partial charge on any atom is -0.482 e. The quantitative estimate of drug-likeness (QED) is 0.778. The lowest BCUT2D eigenvalue weighted by Gasteiger charge is -2.35. The van der Waals surface area contributed by atoms with Crippen LogP contribution in [0.3, 0.4) is 0 Å². The number of rotatable bonds is 3. The van der Waals surface area contributed by atoms with Crippen LogP contribution in [0, 0.1) is 11.3 Å². The van der Waals surface area contributed by atoms with E-state index in [4.69, 9.17) is 21.6 Å². The first-order chi connectivity index (χ1) is 13.9. The van der Waals surface area contributed by atoms with Crippen molar-refractivity contribution in [1.29, 1.82) is 5.26 Å². The lowest BCUT2D eigenvalue weighted by atomic mass is 10.2. The van der Waals surface area contributed by atoms with Crippen LogP contribution in [0.4, 0.5) is 11.5 Å². The molecule has 2 aliphatic rings. The van der Waals surface area contributed by atoms with Crippen molar-refractivity contribution in [3.05, 3.63) is 41.0 Å². The van der Waals surface area contributed by atoms with Crippen LogP contribution in [0.1, 0.15) is 5.56 Å². The number of carbonyl (C=O) groups is 1. The molecule has 1 fully saturated rings. The summed E-state index contributed by atoms with van der Waals surface area (Å²) in [5.74, 6) is 0.579. The highest BCUT2D eigenvalue weighted by Gasteiger charge is 2.32. The summed E-state index contributed by atoms with van der Waals surface area (Å²) < 4.78 is 32.9. The standard InChI is InChI=1S/C18H16ClN5O4S/c19-13-8-14-15(28-11-18(25)22-14)9-16(13)29(26,27)24-5-3-23(4-6-24)17-7-12(10-20)1-2-21-17/h1-2,7-9H,3-6,11H2,(H,22,25). The lowest BCUT2D eigenvalue weighted by molar-refractivity contribution is -0.118. The summed E-state index contributed by atoms with van der Waals surface area (Å²) in [4.78, 5) is 17.5. The normalized spacial score (nSPS) is 17.1. The van der Waals surface area contributed by atoms with Crippen LogP contribution in [-0.2, 0) is 14.8 Å². The fourth-order valence-corrected chi connectivity index (χ4v) is 5.18. The van der Waals surface area contributed by atoms with Gasteiger partial charge in [-0.25, -0.2) is 13.4 Å². The average molecular weight is 434 g/mol. The summed E-state index contributed by atoms with van der Waals surface area (Å²) in [5, 5.41) is 11.6. The van der Waals surface area contributed by atoms with Crippen LogP contribution in [0.5, 0.6) is 5.75 Å². The molecule has 1 aromatic carbocycles. The predicted molar refractivity (Wildman–Crippen MR) is 106 cm³/mol. The van der Waals surface area contributed by atoms with Gasteiger partial charge in [0, 0.05) is 38.4 Å². The van der Waals surface area contributed by atoms with Gasteiger partial charge in [-0.15, -0.1) is 0 Å². The van der Waals surface area contributed by atoms with Gasteiger partial charge in [0.15, 0.2) is 6.61 Å². The molecular formula is C18H16ClN5O4S. The summed E-state index contributed by atoms with van der Waals surface area (Å²) >= 11 is 6.21. The maximum absolute atomic E-state index is 13.1. The zero-order valence-electron chi connectivity index (χ0n) is 15.1. The molecule has 0 spiro atoms. The molecule has 0 atom stereocenters. The van der Waals surface area contributed by atoms with Crippen LogP contribution < -0.4 is 15.0 Å². The number of hydrogen-bond acceptors (Lipinski definition) is 7. The maximum atomic E-state index is 13.1. The third-order valence-electron chi connectivity index (χ3n) is 4.72. The van der Waals surface area contributed by atoms with Gasteiger partial charge in [0.2, 0.25) is 10.0 Å². The molecule has 150 valence electrons. The summed E-state index contributed by atoms with van der Waals surface area (Å²) in [7, 11) is -3.85. The smallest absolute Gasteiger partial charge is 0.262 e. The molecule has 1 aromatic heterocycles. The van der Waals surface area contributed by atoms with Gasteiger partial charge >= 0.3 is 0 Å². The van der Waals surface area contributed by atoms with E-state index in [9.17, 15) is 13.2 Å². The zero-order valence-corrected chi connectivity index (χ0v) is 16.7. The molecule has 29 heavy (non-hydrogen) atoms. The van der Waals surface area contributed by atoms with Crippen molar-refractivity contribution in [3.8, 4) is 11.8 Å². The summed E-state index contributed by atoms with van der Waals surface area (Å²) in [6, 6.07) is 8.09. The van der Waals surface area contributed by atoms with E-state index in [-0.39, 0.29) is 41.3 Å². The molecular weight excluding hydrogens is 418 g/mol. The number of fused-ring (bicyclic) bond motifs is 1. The average Bonchev–Trinajstić information content (AvgIpc) is 2.73. The number of benzene rings is 1. The summed E-state index contributed by atoms with van der Waals surface area (Å²) in [5.41, 5.74) is 0.844. The number of anilines is 2. The third-order valence-corrected chi connectivity index (χ3v) is 7.09. The molecule has 0 unspecified atom stereocenters. The number of carbonyl (C=O) groups excluding carboxylic acids is 1. The van der Waals surface area contributed by atoms with Crippen LogP contribution in [-0.4, -0.2) is 56.4 Å². The monoisotopic (exact) mass is 433 g/mol. The summed E-state index contributed by atoms with van der Waals surface area (Å²) in [6.07, 6.45) is 1.56. The summed E-state index contributed by atoms with van der Waals surface area (Å²) in [6.45, 7) is 1.16. The fraction of sp³-hybridized carbons (Fsp3) is 0.278. The lowest BCUT2D eigenvalue weighted by Crippen LogP contribution is -2.49. The SMILES string of the molecule is N#Cc1ccnc(N2CCN(S(=O)(=O)c3cc4c(cc3Cl)NC(=O)CO4)CC2)c1. The molecule has 0 saturated carbocycles. The molecule has 0 aliphatic carbocycles. The minimum absolute atomic E-state index is 0.0142. The van der Waals surface area contributed by atoms with Crippen molar-refractivity contribution >= 4 is 39.0 Å². The number of piperazine rings is 1. The number of nitrogens with one attached hydrogen (secondary N) is 1. The van der Waals surface area contributed by atoms with E-state index < -0.39 is 10.0 Å². The van der Waals surface area contributed by atoms with E-state index in [1.807, 2.05) is 4.90 Å². The van der Waals surface area contributed by atoms with Crippen LogP contribution in [0.15, 0.2) is 35.4 Å². The van der Waals surface area contributed by atoms with E-state index in [0.29, 0.717) is 30.2 Å². The first-order valence-electron chi connectivity index (χ1n) is 8.76. The second kappa shape index (κ2) is 7.51. The number of halogens is 1. The van der Waals surface area contributed by atoms with Gasteiger partial charge in [-0.3, -0.25) is 4.79 Å². The number of aromatic nitrogens is 1. The highest BCUT2D eigenvalue weighted by atomic mass is 35.5. The van der Waals surface area contributed by atoms with Gasteiger partial charge in [-0.2, -0.15) is 9.57 Å². The van der Waals surface area contributed by atoms with Crippen molar-refractivity contribution < 1.29 is 17.9 Å². The van der Waals surface area contributed by atoms with E-state index in [0.717, 1.165) is 0 Å². The third kappa shape index (κ3) is 3.72. The molecule has 4 rings (SSSR count). The number of sulfonamides is 1. The molecule has 1 saturated heterocycles. The predicted octanol–water partition coefficient (Wildman–Crippen LogP) is 1.45. The Hall–Kier alpha value is -2.87.